The van der Waals surface area contributed by atoms with Gasteiger partial charge in [0, 0.05) is 40.7 Å². The van der Waals surface area contributed by atoms with Crippen LogP contribution in [0, 0.1) is 0 Å². The lowest BCUT2D eigenvalue weighted by atomic mass is 10.0. The van der Waals surface area contributed by atoms with Crippen LogP contribution in [0.5, 0.6) is 11.5 Å². The van der Waals surface area contributed by atoms with Gasteiger partial charge in [0.05, 0.1) is 10.6 Å². The van der Waals surface area contributed by atoms with Gasteiger partial charge in [0.2, 0.25) is 11.8 Å². The quantitative estimate of drug-likeness (QED) is 0.191. The minimum absolute atomic E-state index is 0.0122. The molecule has 12 heteroatoms. The third-order valence-corrected chi connectivity index (χ3v) is 10.0. The van der Waals surface area contributed by atoms with Gasteiger partial charge < -0.3 is 19.7 Å². The first-order chi connectivity index (χ1) is 22.5. The van der Waals surface area contributed by atoms with Gasteiger partial charge in [-0.1, -0.05) is 77.8 Å². The van der Waals surface area contributed by atoms with Gasteiger partial charge in [0.1, 0.15) is 25.8 Å². The van der Waals surface area contributed by atoms with Crippen LogP contribution in [0.2, 0.25) is 10.0 Å². The van der Waals surface area contributed by atoms with Crippen molar-refractivity contribution in [2.75, 3.05) is 24.1 Å². The molecule has 0 spiro atoms. The normalized spacial score (nSPS) is 13.1. The van der Waals surface area contributed by atoms with E-state index in [-0.39, 0.29) is 29.6 Å². The number of rotatable bonds is 12. The molecule has 0 unspecified atom stereocenters. The highest BCUT2D eigenvalue weighted by Gasteiger charge is 2.36. The molecule has 0 saturated carbocycles. The molecule has 2 amide bonds. The topological polar surface area (TPSA) is 105 Å². The maximum Gasteiger partial charge on any atom is 0.264 e. The number of nitrogens with one attached hydrogen (secondary N) is 1. The number of benzene rings is 4. The summed E-state index contributed by atoms with van der Waals surface area (Å²) in [6, 6.07) is 25.5. The van der Waals surface area contributed by atoms with Gasteiger partial charge >= 0.3 is 0 Å². The largest absolute Gasteiger partial charge is 0.486 e. The molecule has 1 aliphatic heterocycles. The van der Waals surface area contributed by atoms with Crippen molar-refractivity contribution < 1.29 is 27.5 Å². The van der Waals surface area contributed by atoms with Gasteiger partial charge in [-0.3, -0.25) is 13.9 Å². The van der Waals surface area contributed by atoms with Gasteiger partial charge in [-0.2, -0.15) is 0 Å². The standard InChI is InChI=1S/C35H35Cl2N3O6S/c1-24(2)38-35(42)31(20-25-10-5-3-6-11-25)39(22-28-29(36)14-9-15-30(28)37)34(41)23-40(47(43,44)27-12-7-4-8-13-27)26-16-17-32-33(21-26)46-19-18-45-32/h3-17,21,24,31H,18-20,22-23H2,1-2H3,(H,38,42)/t31-/m1/s1. The van der Waals surface area contributed by atoms with Crippen molar-refractivity contribution in [1.82, 2.24) is 10.2 Å². The number of anilines is 1. The fourth-order valence-corrected chi connectivity index (χ4v) is 7.17. The van der Waals surface area contributed by atoms with E-state index in [0.29, 0.717) is 40.3 Å². The molecule has 0 radical (unpaired) electrons. The number of carbonyl (C=O) groups excluding carboxylic acids is 2. The summed E-state index contributed by atoms with van der Waals surface area (Å²) in [7, 11) is -4.29. The number of hydrogen-bond donors (Lipinski definition) is 1. The Morgan fingerprint density at radius 1 is 0.830 bits per heavy atom. The number of nitrogens with zero attached hydrogens (tertiary/aromatic N) is 2. The molecule has 9 nitrogen and oxygen atoms in total. The third-order valence-electron chi connectivity index (χ3n) is 7.52. The van der Waals surface area contributed by atoms with Crippen LogP contribution >= 0.6 is 23.2 Å². The average Bonchev–Trinajstić information content (AvgIpc) is 3.06. The van der Waals surface area contributed by atoms with Crippen LogP contribution in [0.1, 0.15) is 25.0 Å². The van der Waals surface area contributed by atoms with E-state index in [1.54, 1.807) is 48.5 Å². The maximum absolute atomic E-state index is 14.6. The highest BCUT2D eigenvalue weighted by molar-refractivity contribution is 7.92. The van der Waals surface area contributed by atoms with E-state index in [1.165, 1.54) is 23.1 Å². The van der Waals surface area contributed by atoms with Gasteiger partial charge in [-0.05, 0) is 55.8 Å². The zero-order valence-corrected chi connectivity index (χ0v) is 28.3. The van der Waals surface area contributed by atoms with E-state index in [0.717, 1.165) is 9.87 Å². The Kier molecular flexibility index (Phi) is 11.0. The van der Waals surface area contributed by atoms with Crippen LogP contribution in [0.4, 0.5) is 5.69 Å². The van der Waals surface area contributed by atoms with Crippen molar-refractivity contribution in [3.8, 4) is 11.5 Å². The van der Waals surface area contributed by atoms with Gasteiger partial charge in [-0.25, -0.2) is 8.42 Å². The summed E-state index contributed by atoms with van der Waals surface area (Å²) < 4.78 is 40.9. The Labute approximate surface area is 285 Å². The molecule has 5 rings (SSSR count). The van der Waals surface area contributed by atoms with Crippen molar-refractivity contribution >= 4 is 50.7 Å². The second kappa shape index (κ2) is 15.1. The van der Waals surface area contributed by atoms with E-state index in [4.69, 9.17) is 32.7 Å². The molecule has 1 aliphatic rings. The molecule has 47 heavy (non-hydrogen) atoms. The highest BCUT2D eigenvalue weighted by Crippen LogP contribution is 2.36. The van der Waals surface area contributed by atoms with Crippen LogP contribution in [-0.2, 0) is 32.6 Å². The molecule has 0 aliphatic carbocycles. The number of fused-ring (bicyclic) bond motifs is 1. The Bertz CT molecular complexity index is 1800. The minimum atomic E-state index is -4.29. The molecule has 0 bridgehead atoms. The zero-order valence-electron chi connectivity index (χ0n) is 25.9. The zero-order chi connectivity index (χ0) is 33.6. The van der Waals surface area contributed by atoms with Crippen molar-refractivity contribution in [3.63, 3.8) is 0 Å². The fourth-order valence-electron chi connectivity index (χ4n) is 5.22. The van der Waals surface area contributed by atoms with Crippen molar-refractivity contribution in [2.45, 2.75) is 43.8 Å². The summed E-state index contributed by atoms with van der Waals surface area (Å²) in [6.07, 6.45) is 0.155. The van der Waals surface area contributed by atoms with Crippen LogP contribution in [-0.4, -0.2) is 57.0 Å². The number of ether oxygens (including phenoxy) is 2. The summed E-state index contributed by atoms with van der Waals surface area (Å²) in [4.78, 5) is 29.8. The molecule has 0 fully saturated rings. The monoisotopic (exact) mass is 695 g/mol. The van der Waals surface area contributed by atoms with Crippen molar-refractivity contribution in [1.29, 1.82) is 0 Å². The van der Waals surface area contributed by atoms with E-state index < -0.39 is 34.4 Å². The molecule has 1 heterocycles. The molecule has 4 aromatic rings. The van der Waals surface area contributed by atoms with Crippen molar-refractivity contribution in [3.05, 3.63) is 118 Å². The number of sulfonamides is 1. The predicted molar refractivity (Wildman–Crippen MR) is 183 cm³/mol. The number of hydrogen-bond acceptors (Lipinski definition) is 6. The maximum atomic E-state index is 14.6. The lowest BCUT2D eigenvalue weighted by molar-refractivity contribution is -0.140. The van der Waals surface area contributed by atoms with E-state index in [2.05, 4.69) is 5.32 Å². The lowest BCUT2D eigenvalue weighted by Crippen LogP contribution is -2.54. The number of carbonyl (C=O) groups is 2. The van der Waals surface area contributed by atoms with E-state index in [9.17, 15) is 18.0 Å². The van der Waals surface area contributed by atoms with Gasteiger partial charge in [0.25, 0.3) is 10.0 Å². The van der Waals surface area contributed by atoms with Crippen LogP contribution < -0.4 is 19.1 Å². The Morgan fingerprint density at radius 2 is 1.45 bits per heavy atom. The third kappa shape index (κ3) is 8.19. The first-order valence-corrected chi connectivity index (χ1v) is 17.3. The minimum Gasteiger partial charge on any atom is -0.486 e. The number of halogens is 2. The second-order valence-electron chi connectivity index (χ2n) is 11.2. The summed E-state index contributed by atoms with van der Waals surface area (Å²) in [6.45, 7) is 3.51. The fraction of sp³-hybridized carbons (Fsp3) is 0.257. The Morgan fingerprint density at radius 3 is 2.09 bits per heavy atom. The van der Waals surface area contributed by atoms with Crippen LogP contribution in [0.25, 0.3) is 0 Å². The summed E-state index contributed by atoms with van der Waals surface area (Å²) in [5.74, 6) is -0.230. The van der Waals surface area contributed by atoms with Crippen LogP contribution in [0.3, 0.4) is 0 Å². The number of amides is 2. The van der Waals surface area contributed by atoms with E-state index >= 15 is 0 Å². The molecule has 0 aromatic heterocycles. The lowest BCUT2D eigenvalue weighted by Gasteiger charge is -2.34. The Balaban J connectivity index is 1.61. The predicted octanol–water partition coefficient (Wildman–Crippen LogP) is 6.12. The molecule has 246 valence electrons. The van der Waals surface area contributed by atoms with Crippen molar-refractivity contribution in [2.24, 2.45) is 0 Å². The molecular formula is C35H35Cl2N3O6S. The summed E-state index contributed by atoms with van der Waals surface area (Å²) in [5.41, 5.74) is 1.42. The summed E-state index contributed by atoms with van der Waals surface area (Å²) >= 11 is 13.1. The highest BCUT2D eigenvalue weighted by atomic mass is 35.5. The Hall–Kier alpha value is -4.25. The molecule has 1 atom stereocenters. The van der Waals surface area contributed by atoms with Gasteiger partial charge in [0.15, 0.2) is 11.5 Å². The smallest absolute Gasteiger partial charge is 0.264 e. The van der Waals surface area contributed by atoms with Crippen LogP contribution in [0.15, 0.2) is 102 Å². The average molecular weight is 697 g/mol. The molecule has 0 saturated heterocycles. The first-order valence-electron chi connectivity index (χ1n) is 15.1. The SMILES string of the molecule is CC(C)NC(=O)[C@@H](Cc1ccccc1)N(Cc1c(Cl)cccc1Cl)C(=O)CN(c1ccc2c(c1)OCCO2)S(=O)(=O)c1ccccc1. The summed E-state index contributed by atoms with van der Waals surface area (Å²) in [5, 5.41) is 3.54. The molecule has 1 N–H and O–H groups in total. The van der Waals surface area contributed by atoms with E-state index in [1.807, 2.05) is 44.2 Å². The van der Waals surface area contributed by atoms with Gasteiger partial charge in [-0.15, -0.1) is 0 Å². The molecule has 4 aromatic carbocycles. The second-order valence-corrected chi connectivity index (χ2v) is 13.9. The molecular weight excluding hydrogens is 661 g/mol. The first kappa shape index (κ1) is 34.1.